The van der Waals surface area contributed by atoms with Gasteiger partial charge in [-0.3, -0.25) is 9.59 Å². The Balaban J connectivity index is 4.00. The molecule has 0 fully saturated rings. The molecule has 0 amide bonds. The molecule has 54 heavy (non-hydrogen) atoms. The molecule has 0 aliphatic carbocycles. The van der Waals surface area contributed by atoms with E-state index in [1.54, 1.807) is 0 Å². The number of allylic oxidation sites excluding steroid dienone is 4. The fraction of sp³-hybridized carbons (Fsp3) is 0.878. The highest BCUT2D eigenvalue weighted by Gasteiger charge is 2.17. The summed E-state index contributed by atoms with van der Waals surface area (Å²) >= 11 is 0. The Morgan fingerprint density at radius 3 is 1.15 bits per heavy atom. The highest BCUT2D eigenvalue weighted by atomic mass is 16.6. The molecule has 0 aliphatic heterocycles. The van der Waals surface area contributed by atoms with Gasteiger partial charge in [0.25, 0.3) is 0 Å². The summed E-state index contributed by atoms with van der Waals surface area (Å²) in [5.41, 5.74) is 0. The van der Waals surface area contributed by atoms with Gasteiger partial charge in [-0.1, -0.05) is 193 Å². The minimum atomic E-state index is -0.530. The highest BCUT2D eigenvalue weighted by molar-refractivity contribution is 5.70. The Labute approximate surface area is 337 Å². The number of esters is 2. The molecule has 1 unspecified atom stereocenters. The van der Waals surface area contributed by atoms with Crippen LogP contribution in [0.1, 0.15) is 252 Å². The molecular formula is C49H92O5. The van der Waals surface area contributed by atoms with E-state index < -0.39 is 6.10 Å². The fourth-order valence-electron chi connectivity index (χ4n) is 6.85. The van der Waals surface area contributed by atoms with Crippen LogP contribution in [-0.4, -0.2) is 37.9 Å². The summed E-state index contributed by atoms with van der Waals surface area (Å²) in [5, 5.41) is 0. The summed E-state index contributed by atoms with van der Waals surface area (Å²) in [4.78, 5) is 25.0. The minimum Gasteiger partial charge on any atom is -0.462 e. The van der Waals surface area contributed by atoms with E-state index in [2.05, 4.69) is 45.1 Å². The molecule has 0 aromatic carbocycles. The molecular weight excluding hydrogens is 669 g/mol. The molecule has 0 spiro atoms. The maximum absolute atomic E-state index is 12.5. The van der Waals surface area contributed by atoms with Crippen LogP contribution in [0.25, 0.3) is 0 Å². The molecule has 0 radical (unpaired) electrons. The molecule has 5 heteroatoms. The van der Waals surface area contributed by atoms with Gasteiger partial charge in [0.15, 0.2) is 6.10 Å². The van der Waals surface area contributed by atoms with E-state index in [9.17, 15) is 9.59 Å². The zero-order chi connectivity index (χ0) is 39.3. The van der Waals surface area contributed by atoms with Gasteiger partial charge in [0.05, 0.1) is 6.61 Å². The van der Waals surface area contributed by atoms with Gasteiger partial charge in [-0.15, -0.1) is 0 Å². The first-order valence-electron chi connectivity index (χ1n) is 23.9. The zero-order valence-electron chi connectivity index (χ0n) is 36.5. The zero-order valence-corrected chi connectivity index (χ0v) is 36.5. The predicted octanol–water partition coefficient (Wildman–Crippen LogP) is 15.7. The first-order chi connectivity index (χ1) is 26.6. The molecule has 1 atom stereocenters. The van der Waals surface area contributed by atoms with E-state index in [1.165, 1.54) is 173 Å². The van der Waals surface area contributed by atoms with Crippen molar-refractivity contribution in [2.24, 2.45) is 0 Å². The lowest BCUT2D eigenvalue weighted by molar-refractivity contribution is -0.163. The number of hydrogen-bond acceptors (Lipinski definition) is 5. The van der Waals surface area contributed by atoms with Gasteiger partial charge in [0.2, 0.25) is 0 Å². The van der Waals surface area contributed by atoms with Gasteiger partial charge in [0, 0.05) is 19.4 Å². The molecule has 0 heterocycles. The minimum absolute atomic E-state index is 0.0858. The van der Waals surface area contributed by atoms with Crippen molar-refractivity contribution in [1.29, 1.82) is 0 Å². The lowest BCUT2D eigenvalue weighted by Crippen LogP contribution is -2.30. The number of carbonyl (C=O) groups excluding carboxylic acids is 2. The van der Waals surface area contributed by atoms with Crippen molar-refractivity contribution in [2.45, 2.75) is 258 Å². The largest absolute Gasteiger partial charge is 0.462 e. The third-order valence-corrected chi connectivity index (χ3v) is 10.5. The summed E-state index contributed by atoms with van der Waals surface area (Å²) in [6.45, 7) is 7.75. The van der Waals surface area contributed by atoms with Crippen molar-refractivity contribution in [2.75, 3.05) is 19.8 Å². The van der Waals surface area contributed by atoms with E-state index in [4.69, 9.17) is 14.2 Å². The van der Waals surface area contributed by atoms with E-state index in [0.29, 0.717) is 19.4 Å². The second-order valence-corrected chi connectivity index (χ2v) is 16.0. The average Bonchev–Trinajstić information content (AvgIpc) is 3.17. The van der Waals surface area contributed by atoms with Crippen LogP contribution in [-0.2, 0) is 23.8 Å². The van der Waals surface area contributed by atoms with Gasteiger partial charge in [0.1, 0.15) is 6.61 Å². The number of rotatable bonds is 44. The molecule has 0 saturated carbocycles. The van der Waals surface area contributed by atoms with Gasteiger partial charge < -0.3 is 14.2 Å². The van der Waals surface area contributed by atoms with Crippen LogP contribution in [0.2, 0.25) is 0 Å². The summed E-state index contributed by atoms with van der Waals surface area (Å²) in [6, 6.07) is 0. The van der Waals surface area contributed by atoms with E-state index >= 15 is 0 Å². The first-order valence-corrected chi connectivity index (χ1v) is 23.9. The van der Waals surface area contributed by atoms with Crippen molar-refractivity contribution < 1.29 is 23.8 Å². The maximum Gasteiger partial charge on any atom is 0.306 e. The summed E-state index contributed by atoms with van der Waals surface area (Å²) in [7, 11) is 0. The molecule has 0 aromatic heterocycles. The monoisotopic (exact) mass is 761 g/mol. The fourth-order valence-corrected chi connectivity index (χ4v) is 6.85. The van der Waals surface area contributed by atoms with Crippen molar-refractivity contribution in [3.8, 4) is 0 Å². The Morgan fingerprint density at radius 1 is 0.389 bits per heavy atom. The maximum atomic E-state index is 12.5. The Bertz CT molecular complexity index is 821. The summed E-state index contributed by atoms with van der Waals surface area (Å²) in [5.74, 6) is -0.405. The van der Waals surface area contributed by atoms with Crippen LogP contribution < -0.4 is 0 Å². The number of hydrogen-bond donors (Lipinski definition) is 0. The van der Waals surface area contributed by atoms with Crippen LogP contribution in [0, 0.1) is 0 Å². The standard InChI is InChI=1S/C49H92O5/c1-4-7-10-13-15-17-19-21-23-24-25-26-27-28-30-32-34-37-39-42-48(50)53-46-47(54-49(51)43-40-36-12-9-6-3)45-52-44-41-38-35-33-31-29-22-20-18-16-14-11-8-5-2/h18,20-21,23,47H,4-17,19,22,24-46H2,1-3H3/b20-18-,23-21-. The van der Waals surface area contributed by atoms with Crippen LogP contribution in [0.5, 0.6) is 0 Å². The SMILES string of the molecule is CCCCCC/C=C\CCCCCCCCOCC(COC(=O)CCCCCCCCCCC/C=C\CCCCCCCC)OC(=O)CCCCCCC. The third-order valence-electron chi connectivity index (χ3n) is 10.5. The number of ether oxygens (including phenoxy) is 3. The predicted molar refractivity (Wildman–Crippen MR) is 233 cm³/mol. The molecule has 318 valence electrons. The van der Waals surface area contributed by atoms with Gasteiger partial charge in [-0.2, -0.15) is 0 Å². The highest BCUT2D eigenvalue weighted by Crippen LogP contribution is 2.14. The molecule has 0 aromatic rings. The molecule has 0 rings (SSSR count). The smallest absolute Gasteiger partial charge is 0.306 e. The Kier molecular flexibility index (Phi) is 44.4. The van der Waals surface area contributed by atoms with Gasteiger partial charge in [-0.25, -0.2) is 0 Å². The summed E-state index contributed by atoms with van der Waals surface area (Å²) < 4.78 is 17.2. The number of unbranched alkanes of at least 4 members (excludes halogenated alkanes) is 29. The second-order valence-electron chi connectivity index (χ2n) is 16.0. The number of carbonyl (C=O) groups is 2. The Hall–Kier alpha value is -1.62. The van der Waals surface area contributed by atoms with Crippen LogP contribution in [0.3, 0.4) is 0 Å². The van der Waals surface area contributed by atoms with E-state index in [0.717, 1.165) is 44.9 Å². The lowest BCUT2D eigenvalue weighted by atomic mass is 10.1. The molecule has 0 N–H and O–H groups in total. The first kappa shape index (κ1) is 52.4. The Morgan fingerprint density at radius 2 is 0.722 bits per heavy atom. The van der Waals surface area contributed by atoms with Crippen molar-refractivity contribution in [1.82, 2.24) is 0 Å². The summed E-state index contributed by atoms with van der Waals surface area (Å²) in [6.07, 6.45) is 52.1. The second kappa shape index (κ2) is 45.8. The van der Waals surface area contributed by atoms with Crippen LogP contribution in [0.15, 0.2) is 24.3 Å². The van der Waals surface area contributed by atoms with Gasteiger partial charge >= 0.3 is 11.9 Å². The lowest BCUT2D eigenvalue weighted by Gasteiger charge is -2.18. The third kappa shape index (κ3) is 43.1. The molecule has 5 nitrogen and oxygen atoms in total. The van der Waals surface area contributed by atoms with Crippen LogP contribution in [0.4, 0.5) is 0 Å². The van der Waals surface area contributed by atoms with E-state index in [-0.39, 0.29) is 25.2 Å². The molecule has 0 saturated heterocycles. The van der Waals surface area contributed by atoms with Crippen LogP contribution >= 0.6 is 0 Å². The molecule has 0 aliphatic rings. The van der Waals surface area contributed by atoms with Crippen molar-refractivity contribution in [3.05, 3.63) is 24.3 Å². The quantitative estimate of drug-likeness (QED) is 0.0352. The topological polar surface area (TPSA) is 61.8 Å². The average molecular weight is 761 g/mol. The van der Waals surface area contributed by atoms with Crippen molar-refractivity contribution in [3.63, 3.8) is 0 Å². The van der Waals surface area contributed by atoms with Gasteiger partial charge in [-0.05, 0) is 70.6 Å². The molecule has 0 bridgehead atoms. The van der Waals surface area contributed by atoms with E-state index in [1.807, 2.05) is 0 Å². The van der Waals surface area contributed by atoms with Crippen molar-refractivity contribution >= 4 is 11.9 Å². The normalized spacial score (nSPS) is 12.3.